The Morgan fingerprint density at radius 2 is 2.21 bits per heavy atom. The van der Waals surface area contributed by atoms with E-state index in [1.54, 1.807) is 12.1 Å². The van der Waals surface area contributed by atoms with Crippen molar-refractivity contribution in [3.8, 4) is 23.0 Å². The summed E-state index contributed by atoms with van der Waals surface area (Å²) in [4.78, 5) is 16.2. The molecule has 0 saturated carbocycles. The van der Waals surface area contributed by atoms with Gasteiger partial charge in [0.05, 0.1) is 6.54 Å². The Morgan fingerprint density at radius 1 is 1.29 bits per heavy atom. The van der Waals surface area contributed by atoms with Gasteiger partial charge in [-0.15, -0.1) is 0 Å². The monoisotopic (exact) mass is 327 g/mol. The second-order valence-electron chi connectivity index (χ2n) is 5.83. The van der Waals surface area contributed by atoms with Crippen LogP contribution in [0.3, 0.4) is 0 Å². The normalized spacial score (nSPS) is 18.1. The molecule has 7 heteroatoms. The summed E-state index contributed by atoms with van der Waals surface area (Å²) < 4.78 is 15.9. The lowest BCUT2D eigenvalue weighted by Crippen LogP contribution is -2.24. The Balaban J connectivity index is 1.36. The van der Waals surface area contributed by atoms with Crippen LogP contribution in [0.15, 0.2) is 34.9 Å². The molecule has 1 N–H and O–H groups in total. The molecule has 1 aromatic carbocycles. The summed E-state index contributed by atoms with van der Waals surface area (Å²) in [5, 5.41) is 6.73. The molecule has 0 unspecified atom stereocenters. The van der Waals surface area contributed by atoms with E-state index in [9.17, 15) is 4.79 Å². The molecule has 124 valence electrons. The van der Waals surface area contributed by atoms with Crippen LogP contribution in [0.4, 0.5) is 0 Å². The van der Waals surface area contributed by atoms with Gasteiger partial charge < -0.3 is 19.3 Å². The van der Waals surface area contributed by atoms with Crippen molar-refractivity contribution >= 4 is 5.91 Å². The molecule has 1 atom stereocenters. The molecule has 0 fully saturated rings. The standard InChI is InChI=1S/C17H17N3O4/c21-16(7-11-3-1-2-4-11)18-9-15-19-17(24-20-15)12-5-6-13-14(8-12)23-10-22-13/h1,3,5-6,8,11H,2,4,7,9-10H2,(H,18,21)/t11-/m1/s1. The number of hydrogen-bond acceptors (Lipinski definition) is 6. The molecule has 2 heterocycles. The van der Waals surface area contributed by atoms with Crippen LogP contribution < -0.4 is 14.8 Å². The highest BCUT2D eigenvalue weighted by Gasteiger charge is 2.18. The first-order valence-corrected chi connectivity index (χ1v) is 7.94. The van der Waals surface area contributed by atoms with E-state index in [1.165, 1.54) is 0 Å². The van der Waals surface area contributed by atoms with Crippen LogP contribution >= 0.6 is 0 Å². The zero-order valence-corrected chi connectivity index (χ0v) is 13.0. The molecule has 1 aliphatic carbocycles. The van der Waals surface area contributed by atoms with Gasteiger partial charge in [0, 0.05) is 12.0 Å². The van der Waals surface area contributed by atoms with Crippen LogP contribution in [-0.4, -0.2) is 22.8 Å². The molecule has 2 aliphatic rings. The minimum absolute atomic E-state index is 0.000907. The highest BCUT2D eigenvalue weighted by molar-refractivity contribution is 5.76. The Hall–Kier alpha value is -2.83. The van der Waals surface area contributed by atoms with E-state index in [1.807, 2.05) is 6.07 Å². The molecule has 1 aliphatic heterocycles. The van der Waals surface area contributed by atoms with E-state index in [0.29, 0.717) is 35.6 Å². The first kappa shape index (κ1) is 14.7. The van der Waals surface area contributed by atoms with Gasteiger partial charge in [0.2, 0.25) is 12.7 Å². The van der Waals surface area contributed by atoms with Crippen molar-refractivity contribution in [1.82, 2.24) is 15.5 Å². The summed E-state index contributed by atoms with van der Waals surface area (Å²) in [6.07, 6.45) is 6.83. The Labute approximate surface area is 138 Å². The van der Waals surface area contributed by atoms with E-state index < -0.39 is 0 Å². The smallest absolute Gasteiger partial charge is 0.258 e. The maximum absolute atomic E-state index is 11.9. The molecule has 1 aromatic heterocycles. The zero-order valence-electron chi connectivity index (χ0n) is 13.0. The summed E-state index contributed by atoms with van der Waals surface area (Å²) in [5.41, 5.74) is 0.750. The second-order valence-corrected chi connectivity index (χ2v) is 5.83. The van der Waals surface area contributed by atoms with E-state index in [4.69, 9.17) is 14.0 Å². The minimum atomic E-state index is 0.000907. The Morgan fingerprint density at radius 3 is 3.08 bits per heavy atom. The SMILES string of the molecule is O=C(C[C@@H]1C=CCC1)NCc1noc(-c2ccc3c(c2)OCO3)n1. The largest absolute Gasteiger partial charge is 0.454 e. The number of nitrogens with one attached hydrogen (secondary N) is 1. The van der Waals surface area contributed by atoms with Crippen molar-refractivity contribution in [1.29, 1.82) is 0 Å². The summed E-state index contributed by atoms with van der Waals surface area (Å²) in [5.74, 6) is 2.53. The second kappa shape index (κ2) is 6.35. The van der Waals surface area contributed by atoms with Crippen LogP contribution in [0, 0.1) is 5.92 Å². The summed E-state index contributed by atoms with van der Waals surface area (Å²) in [6.45, 7) is 0.472. The number of aromatic nitrogens is 2. The van der Waals surface area contributed by atoms with Crippen molar-refractivity contribution < 1.29 is 18.8 Å². The zero-order chi connectivity index (χ0) is 16.4. The summed E-state index contributed by atoms with van der Waals surface area (Å²) in [6, 6.07) is 5.43. The minimum Gasteiger partial charge on any atom is -0.454 e. The molecule has 0 spiro atoms. The Bertz CT molecular complexity index is 784. The molecule has 0 radical (unpaired) electrons. The number of amides is 1. The average Bonchev–Trinajstić information content (AvgIpc) is 3.33. The van der Waals surface area contributed by atoms with Crippen molar-refractivity contribution in [2.75, 3.05) is 6.79 Å². The number of carbonyl (C=O) groups excluding carboxylic acids is 1. The topological polar surface area (TPSA) is 86.5 Å². The fraction of sp³-hybridized carbons (Fsp3) is 0.353. The Kier molecular flexibility index (Phi) is 3.90. The molecule has 24 heavy (non-hydrogen) atoms. The van der Waals surface area contributed by atoms with Crippen molar-refractivity contribution in [3.05, 3.63) is 36.2 Å². The lowest BCUT2D eigenvalue weighted by Gasteiger charge is -2.06. The number of allylic oxidation sites excluding steroid dienone is 2. The number of benzene rings is 1. The number of carbonyl (C=O) groups is 1. The summed E-state index contributed by atoms with van der Waals surface area (Å²) >= 11 is 0. The van der Waals surface area contributed by atoms with Gasteiger partial charge >= 0.3 is 0 Å². The molecule has 0 bridgehead atoms. The van der Waals surface area contributed by atoms with Gasteiger partial charge in [0.25, 0.3) is 5.89 Å². The van der Waals surface area contributed by atoms with E-state index >= 15 is 0 Å². The molecule has 0 saturated heterocycles. The van der Waals surface area contributed by atoms with Crippen molar-refractivity contribution in [2.45, 2.75) is 25.8 Å². The van der Waals surface area contributed by atoms with Crippen LogP contribution in [0.25, 0.3) is 11.5 Å². The highest BCUT2D eigenvalue weighted by atomic mass is 16.7. The number of fused-ring (bicyclic) bond motifs is 1. The molecule has 7 nitrogen and oxygen atoms in total. The van der Waals surface area contributed by atoms with Gasteiger partial charge in [-0.2, -0.15) is 4.98 Å². The lowest BCUT2D eigenvalue weighted by molar-refractivity contribution is -0.121. The van der Waals surface area contributed by atoms with Gasteiger partial charge in [-0.1, -0.05) is 17.3 Å². The van der Waals surface area contributed by atoms with Crippen molar-refractivity contribution in [2.24, 2.45) is 5.92 Å². The van der Waals surface area contributed by atoms with Crippen LogP contribution in [0.1, 0.15) is 25.1 Å². The molecular formula is C17H17N3O4. The fourth-order valence-corrected chi connectivity index (χ4v) is 2.83. The highest BCUT2D eigenvalue weighted by Crippen LogP contribution is 2.35. The number of nitrogens with zero attached hydrogens (tertiary/aromatic N) is 2. The quantitative estimate of drug-likeness (QED) is 0.849. The van der Waals surface area contributed by atoms with E-state index in [0.717, 1.165) is 18.4 Å². The van der Waals surface area contributed by atoms with Crippen LogP contribution in [0.2, 0.25) is 0 Å². The summed E-state index contributed by atoms with van der Waals surface area (Å²) in [7, 11) is 0. The number of hydrogen-bond donors (Lipinski definition) is 1. The van der Waals surface area contributed by atoms with Gasteiger partial charge in [0.1, 0.15) is 0 Å². The molecular weight excluding hydrogens is 310 g/mol. The van der Waals surface area contributed by atoms with Crippen LogP contribution in [-0.2, 0) is 11.3 Å². The van der Waals surface area contributed by atoms with Gasteiger partial charge in [-0.25, -0.2) is 0 Å². The lowest BCUT2D eigenvalue weighted by atomic mass is 10.1. The third-order valence-electron chi connectivity index (χ3n) is 4.09. The first-order valence-electron chi connectivity index (χ1n) is 7.94. The van der Waals surface area contributed by atoms with Crippen molar-refractivity contribution in [3.63, 3.8) is 0 Å². The fourth-order valence-electron chi connectivity index (χ4n) is 2.83. The molecule has 1 amide bonds. The number of rotatable bonds is 5. The first-order chi connectivity index (χ1) is 11.8. The molecule has 2 aromatic rings. The molecule has 4 rings (SSSR count). The van der Waals surface area contributed by atoms with E-state index in [2.05, 4.69) is 27.6 Å². The average molecular weight is 327 g/mol. The van der Waals surface area contributed by atoms with Crippen LogP contribution in [0.5, 0.6) is 11.5 Å². The van der Waals surface area contributed by atoms with E-state index in [-0.39, 0.29) is 19.2 Å². The van der Waals surface area contributed by atoms with Gasteiger partial charge in [-0.05, 0) is 37.0 Å². The maximum Gasteiger partial charge on any atom is 0.258 e. The predicted octanol–water partition coefficient (Wildman–Crippen LogP) is 2.44. The maximum atomic E-state index is 11.9. The third-order valence-corrected chi connectivity index (χ3v) is 4.09. The van der Waals surface area contributed by atoms with Gasteiger partial charge in [0.15, 0.2) is 17.3 Å². The third kappa shape index (κ3) is 3.10. The number of ether oxygens (including phenoxy) is 2. The van der Waals surface area contributed by atoms with Gasteiger partial charge in [-0.3, -0.25) is 4.79 Å². The predicted molar refractivity (Wildman–Crippen MR) is 84.2 cm³/mol.